The van der Waals surface area contributed by atoms with Gasteiger partial charge in [0.2, 0.25) is 0 Å². The van der Waals surface area contributed by atoms with Gasteiger partial charge in [0.05, 0.1) is 22.5 Å². The summed E-state index contributed by atoms with van der Waals surface area (Å²) in [4.78, 5) is 45.1. The molecule has 0 bridgehead atoms. The number of nitrogens with zero attached hydrogens (tertiary/aromatic N) is 2. The van der Waals surface area contributed by atoms with Gasteiger partial charge in [-0.3, -0.25) is 9.59 Å². The number of aliphatic carboxylic acids is 3. The summed E-state index contributed by atoms with van der Waals surface area (Å²) in [7, 11) is 0. The number of benzene rings is 1. The maximum atomic E-state index is 11.4. The highest BCUT2D eigenvalue weighted by molar-refractivity contribution is 6.10. The predicted octanol–water partition coefficient (Wildman–Crippen LogP) is 1.92. The molecule has 0 amide bonds. The molecule has 0 radical (unpaired) electrons. The van der Waals surface area contributed by atoms with Crippen molar-refractivity contribution >= 4 is 29.6 Å². The van der Waals surface area contributed by atoms with E-state index in [9.17, 15) is 34.5 Å². The number of azo groups is 1. The van der Waals surface area contributed by atoms with Crippen LogP contribution in [-0.2, 0) is 14.4 Å². The van der Waals surface area contributed by atoms with Crippen molar-refractivity contribution in [1.29, 1.82) is 0 Å². The van der Waals surface area contributed by atoms with Crippen LogP contribution in [0.4, 0.5) is 5.69 Å². The van der Waals surface area contributed by atoms with E-state index in [4.69, 9.17) is 5.11 Å². The van der Waals surface area contributed by atoms with E-state index in [1.165, 1.54) is 24.3 Å². The Bertz CT molecular complexity index is 883. The van der Waals surface area contributed by atoms with E-state index >= 15 is 0 Å². The second-order valence-corrected chi connectivity index (χ2v) is 5.27. The van der Waals surface area contributed by atoms with Crippen LogP contribution in [0, 0.1) is 5.41 Å². The molecular weight excluding hydrogens is 348 g/mol. The maximum Gasteiger partial charge on any atom is 0.335 e. The third-order valence-electron chi connectivity index (χ3n) is 3.70. The molecule has 10 heteroatoms. The van der Waals surface area contributed by atoms with Gasteiger partial charge in [-0.25, -0.2) is 9.59 Å². The van der Waals surface area contributed by atoms with E-state index in [0.29, 0.717) is 0 Å². The fraction of sp³-hybridized carbons (Fsp3) is 0.125. The lowest BCUT2D eigenvalue weighted by molar-refractivity contribution is -0.163. The quantitative estimate of drug-likeness (QED) is 0.439. The molecular formula is C16H12N2O8. The molecule has 0 aliphatic heterocycles. The molecule has 0 saturated heterocycles. The number of carbonyl (C=O) groups is 4. The minimum Gasteiger partial charge on any atom is -0.480 e. The number of aromatic carboxylic acids is 1. The summed E-state index contributed by atoms with van der Waals surface area (Å²) in [6, 6.07) is 5.47. The van der Waals surface area contributed by atoms with Crippen LogP contribution < -0.4 is 0 Å². The third-order valence-corrected chi connectivity index (χ3v) is 3.70. The van der Waals surface area contributed by atoms with Crippen LogP contribution in [0.25, 0.3) is 0 Å². The molecule has 2 rings (SSSR count). The van der Waals surface area contributed by atoms with E-state index in [1.807, 2.05) is 0 Å². The minimum absolute atomic E-state index is 0.0309. The molecule has 26 heavy (non-hydrogen) atoms. The van der Waals surface area contributed by atoms with Gasteiger partial charge in [0, 0.05) is 0 Å². The van der Waals surface area contributed by atoms with Crippen molar-refractivity contribution < 1.29 is 39.6 Å². The van der Waals surface area contributed by atoms with Gasteiger partial charge in [0.25, 0.3) is 0 Å². The van der Waals surface area contributed by atoms with Gasteiger partial charge in [-0.1, -0.05) is 12.1 Å². The SMILES string of the molecule is O=C(O)C1=CC(N=Nc2cccc(C(=O)O)c2)=CCC1(C(=O)O)C(=O)O. The molecule has 0 spiro atoms. The molecule has 1 aliphatic carbocycles. The zero-order valence-electron chi connectivity index (χ0n) is 13.0. The topological polar surface area (TPSA) is 174 Å². The second kappa shape index (κ2) is 6.97. The summed E-state index contributed by atoms with van der Waals surface area (Å²) in [6.45, 7) is 0. The van der Waals surface area contributed by atoms with Gasteiger partial charge in [0.15, 0.2) is 5.41 Å². The van der Waals surface area contributed by atoms with E-state index in [1.54, 1.807) is 0 Å². The monoisotopic (exact) mass is 360 g/mol. The highest BCUT2D eigenvalue weighted by Gasteiger charge is 2.53. The van der Waals surface area contributed by atoms with Crippen LogP contribution in [0.1, 0.15) is 16.8 Å². The summed E-state index contributed by atoms with van der Waals surface area (Å²) in [5.74, 6) is -6.48. The predicted molar refractivity (Wildman–Crippen MR) is 84.0 cm³/mol. The average molecular weight is 360 g/mol. The molecule has 10 nitrogen and oxygen atoms in total. The number of rotatable bonds is 6. The third kappa shape index (κ3) is 3.34. The molecule has 1 aliphatic rings. The molecule has 0 fully saturated rings. The molecule has 0 unspecified atom stereocenters. The molecule has 0 aromatic heterocycles. The average Bonchev–Trinajstić information content (AvgIpc) is 2.59. The minimum atomic E-state index is -2.62. The summed E-state index contributed by atoms with van der Waals surface area (Å²) in [6.07, 6.45) is 1.33. The van der Waals surface area contributed by atoms with Gasteiger partial charge in [-0.2, -0.15) is 10.2 Å². The van der Waals surface area contributed by atoms with Crippen molar-refractivity contribution in [1.82, 2.24) is 0 Å². The van der Waals surface area contributed by atoms with Crippen molar-refractivity contribution in [2.24, 2.45) is 15.6 Å². The number of hydrogen-bond donors (Lipinski definition) is 4. The number of hydrogen-bond acceptors (Lipinski definition) is 6. The standard InChI is InChI=1S/C16H12N2O8/c19-12(20)8-2-1-3-9(6-8)17-18-10-4-5-16(14(23)24,15(25)26)11(7-10)13(21)22/h1-4,6-7H,5H2,(H,19,20)(H,21,22)(H,23,24)(H,25,26). The van der Waals surface area contributed by atoms with Gasteiger partial charge in [-0.15, -0.1) is 0 Å². The van der Waals surface area contributed by atoms with Crippen LogP contribution in [0.15, 0.2) is 57.9 Å². The van der Waals surface area contributed by atoms with Crippen molar-refractivity contribution in [3.63, 3.8) is 0 Å². The summed E-state index contributed by atoms with van der Waals surface area (Å²) in [5, 5.41) is 44.1. The molecule has 1 aromatic rings. The Morgan fingerprint density at radius 2 is 1.58 bits per heavy atom. The Balaban J connectivity index is 2.39. The van der Waals surface area contributed by atoms with Gasteiger partial charge < -0.3 is 20.4 Å². The van der Waals surface area contributed by atoms with Crippen LogP contribution in [0.3, 0.4) is 0 Å². The lowest BCUT2D eigenvalue weighted by Gasteiger charge is -2.26. The normalized spacial score (nSPS) is 15.8. The van der Waals surface area contributed by atoms with Crippen molar-refractivity contribution in [2.75, 3.05) is 0 Å². The van der Waals surface area contributed by atoms with E-state index in [0.717, 1.165) is 12.2 Å². The molecule has 4 N–H and O–H groups in total. The Hall–Kier alpha value is -3.82. The van der Waals surface area contributed by atoms with Crippen molar-refractivity contribution in [3.8, 4) is 0 Å². The fourth-order valence-corrected chi connectivity index (χ4v) is 2.32. The molecule has 0 atom stereocenters. The summed E-state index contributed by atoms with van der Waals surface area (Å²) < 4.78 is 0. The fourth-order valence-electron chi connectivity index (χ4n) is 2.32. The Labute approximate surface area is 145 Å². The van der Waals surface area contributed by atoms with Crippen molar-refractivity contribution in [3.05, 3.63) is 53.3 Å². The largest absolute Gasteiger partial charge is 0.480 e. The molecule has 0 heterocycles. The van der Waals surface area contributed by atoms with Gasteiger partial charge >= 0.3 is 23.9 Å². The second-order valence-electron chi connectivity index (χ2n) is 5.27. The zero-order chi connectivity index (χ0) is 19.5. The van der Waals surface area contributed by atoms with E-state index < -0.39 is 41.3 Å². The maximum absolute atomic E-state index is 11.4. The van der Waals surface area contributed by atoms with Crippen LogP contribution >= 0.6 is 0 Å². The molecule has 0 saturated carbocycles. The highest BCUT2D eigenvalue weighted by Crippen LogP contribution is 2.38. The summed E-state index contributed by atoms with van der Waals surface area (Å²) in [5.41, 5.74) is -3.39. The van der Waals surface area contributed by atoms with Crippen molar-refractivity contribution in [2.45, 2.75) is 6.42 Å². The van der Waals surface area contributed by atoms with Gasteiger partial charge in [-0.05, 0) is 30.7 Å². The molecule has 1 aromatic carbocycles. The Morgan fingerprint density at radius 1 is 0.923 bits per heavy atom. The number of allylic oxidation sites excluding steroid dienone is 2. The Morgan fingerprint density at radius 3 is 2.12 bits per heavy atom. The first-order valence-electron chi connectivity index (χ1n) is 7.06. The summed E-state index contributed by atoms with van der Waals surface area (Å²) >= 11 is 0. The lowest BCUT2D eigenvalue weighted by atomic mass is 9.74. The zero-order valence-corrected chi connectivity index (χ0v) is 13.0. The smallest absolute Gasteiger partial charge is 0.335 e. The Kier molecular flexibility index (Phi) is 4.96. The number of carboxylic acids is 4. The van der Waals surface area contributed by atoms with E-state index in [-0.39, 0.29) is 16.9 Å². The highest BCUT2D eigenvalue weighted by atomic mass is 16.4. The first kappa shape index (κ1) is 18.5. The molecule has 134 valence electrons. The van der Waals surface area contributed by atoms with Gasteiger partial charge in [0.1, 0.15) is 0 Å². The number of carboxylic acid groups (broad SMARTS) is 4. The van der Waals surface area contributed by atoms with E-state index in [2.05, 4.69) is 10.2 Å². The lowest BCUT2D eigenvalue weighted by Crippen LogP contribution is -2.44. The first-order chi connectivity index (χ1) is 12.2. The van der Waals surface area contributed by atoms with Crippen LogP contribution in [-0.4, -0.2) is 44.3 Å². The van der Waals surface area contributed by atoms with Crippen LogP contribution in [0.5, 0.6) is 0 Å². The first-order valence-corrected chi connectivity index (χ1v) is 7.06. The van der Waals surface area contributed by atoms with Crippen LogP contribution in [0.2, 0.25) is 0 Å².